The number of nitrogens with two attached hydrogens (primary N) is 1. The number of benzene rings is 1. The van der Waals surface area contributed by atoms with Crippen LogP contribution in [0.2, 0.25) is 0 Å². The van der Waals surface area contributed by atoms with Crippen LogP contribution >= 0.6 is 34.4 Å². The Kier molecular flexibility index (Phi) is 3.38. The Morgan fingerprint density at radius 3 is 2.88 bits per heavy atom. The van der Waals surface area contributed by atoms with Crippen LogP contribution in [-0.4, -0.2) is 9.78 Å². The lowest BCUT2D eigenvalue weighted by atomic mass is 10.3. The van der Waals surface area contributed by atoms with Crippen molar-refractivity contribution in [2.24, 2.45) is 7.05 Å². The first kappa shape index (κ1) is 11.7. The first-order valence-electron chi connectivity index (χ1n) is 4.47. The van der Waals surface area contributed by atoms with Crippen LogP contribution in [0.15, 0.2) is 34.3 Å². The van der Waals surface area contributed by atoms with Crippen LogP contribution in [0.3, 0.4) is 0 Å². The average molecular weight is 349 g/mol. The summed E-state index contributed by atoms with van der Waals surface area (Å²) in [4.78, 5) is 1.65. The molecular formula is C10H9FIN3S. The maximum absolute atomic E-state index is 13.4. The predicted octanol–water partition coefficient (Wildman–Crippen LogP) is 2.90. The van der Waals surface area contributed by atoms with Crippen molar-refractivity contribution >= 4 is 40.0 Å². The smallest absolute Gasteiger partial charge is 0.137 e. The zero-order valence-electron chi connectivity index (χ0n) is 8.45. The number of hydrogen-bond donors (Lipinski definition) is 1. The van der Waals surface area contributed by atoms with E-state index in [1.807, 2.05) is 35.8 Å². The molecule has 0 fully saturated rings. The van der Waals surface area contributed by atoms with Gasteiger partial charge in [0.15, 0.2) is 0 Å². The average Bonchev–Trinajstić information content (AvgIpc) is 2.60. The van der Waals surface area contributed by atoms with Gasteiger partial charge in [0.2, 0.25) is 0 Å². The Morgan fingerprint density at radius 1 is 1.50 bits per heavy atom. The zero-order valence-corrected chi connectivity index (χ0v) is 11.4. The van der Waals surface area contributed by atoms with E-state index >= 15 is 0 Å². The SMILES string of the molecule is Cn1cc(Sc2cc(F)c(I)cc2N)cn1. The van der Waals surface area contributed by atoms with Gasteiger partial charge in [-0.2, -0.15) is 5.10 Å². The van der Waals surface area contributed by atoms with Gasteiger partial charge in [-0.25, -0.2) is 4.39 Å². The second-order valence-electron chi connectivity index (χ2n) is 3.26. The van der Waals surface area contributed by atoms with E-state index in [1.54, 1.807) is 16.9 Å². The molecule has 3 nitrogen and oxygen atoms in total. The van der Waals surface area contributed by atoms with E-state index in [-0.39, 0.29) is 5.82 Å². The Balaban J connectivity index is 2.31. The minimum atomic E-state index is -0.249. The summed E-state index contributed by atoms with van der Waals surface area (Å²) in [5, 5.41) is 4.04. The third kappa shape index (κ3) is 2.49. The summed E-state index contributed by atoms with van der Waals surface area (Å²) in [6, 6.07) is 3.09. The fourth-order valence-corrected chi connectivity index (χ4v) is 2.60. The number of nitrogen functional groups attached to an aromatic ring is 1. The minimum Gasteiger partial charge on any atom is -0.398 e. The van der Waals surface area contributed by atoms with Gasteiger partial charge in [0, 0.05) is 23.8 Å². The molecule has 2 aromatic rings. The molecule has 0 radical (unpaired) electrons. The molecule has 0 atom stereocenters. The summed E-state index contributed by atoms with van der Waals surface area (Å²) < 4.78 is 15.6. The molecule has 0 aliphatic carbocycles. The normalized spacial score (nSPS) is 10.7. The zero-order chi connectivity index (χ0) is 11.7. The van der Waals surface area contributed by atoms with Gasteiger partial charge in [0.25, 0.3) is 0 Å². The molecule has 2 N–H and O–H groups in total. The molecule has 1 aromatic carbocycles. The van der Waals surface area contributed by atoms with Crippen molar-refractivity contribution in [1.29, 1.82) is 0 Å². The maximum Gasteiger partial charge on any atom is 0.137 e. The molecule has 2 rings (SSSR count). The van der Waals surface area contributed by atoms with Gasteiger partial charge in [-0.3, -0.25) is 4.68 Å². The van der Waals surface area contributed by atoms with Crippen molar-refractivity contribution in [3.8, 4) is 0 Å². The first-order valence-corrected chi connectivity index (χ1v) is 6.37. The quantitative estimate of drug-likeness (QED) is 0.670. The van der Waals surface area contributed by atoms with Gasteiger partial charge < -0.3 is 5.73 Å². The van der Waals surface area contributed by atoms with Crippen LogP contribution in [0, 0.1) is 9.39 Å². The molecular weight excluding hydrogens is 340 g/mol. The summed E-state index contributed by atoms with van der Waals surface area (Å²) in [5.74, 6) is -0.249. The molecule has 6 heteroatoms. The van der Waals surface area contributed by atoms with Crippen LogP contribution in [0.1, 0.15) is 0 Å². The molecule has 0 aliphatic heterocycles. The highest BCUT2D eigenvalue weighted by atomic mass is 127. The number of halogens is 2. The van der Waals surface area contributed by atoms with Crippen LogP contribution in [-0.2, 0) is 7.05 Å². The van der Waals surface area contributed by atoms with Crippen LogP contribution in [0.4, 0.5) is 10.1 Å². The summed E-state index contributed by atoms with van der Waals surface area (Å²) in [7, 11) is 1.84. The lowest BCUT2D eigenvalue weighted by Gasteiger charge is -2.05. The van der Waals surface area contributed by atoms with E-state index in [1.165, 1.54) is 17.8 Å². The van der Waals surface area contributed by atoms with Gasteiger partial charge in [0.1, 0.15) is 5.82 Å². The summed E-state index contributed by atoms with van der Waals surface area (Å²) >= 11 is 3.33. The summed E-state index contributed by atoms with van der Waals surface area (Å²) in [5.41, 5.74) is 6.41. The molecule has 0 amide bonds. The monoisotopic (exact) mass is 349 g/mol. The fraction of sp³-hybridized carbons (Fsp3) is 0.100. The van der Waals surface area contributed by atoms with E-state index in [0.717, 1.165) is 4.90 Å². The molecule has 0 unspecified atom stereocenters. The summed E-state index contributed by atoms with van der Waals surface area (Å²) in [6.45, 7) is 0. The van der Waals surface area contributed by atoms with E-state index in [2.05, 4.69) is 5.10 Å². The van der Waals surface area contributed by atoms with Crippen LogP contribution < -0.4 is 5.73 Å². The van der Waals surface area contributed by atoms with E-state index < -0.39 is 0 Å². The van der Waals surface area contributed by atoms with Crippen LogP contribution in [0.25, 0.3) is 0 Å². The second kappa shape index (κ2) is 4.62. The predicted molar refractivity (Wildman–Crippen MR) is 70.9 cm³/mol. The number of rotatable bonds is 2. The highest BCUT2D eigenvalue weighted by Crippen LogP contribution is 2.33. The van der Waals surface area contributed by atoms with Gasteiger partial charge in [0.05, 0.1) is 14.7 Å². The topological polar surface area (TPSA) is 43.8 Å². The Bertz CT molecular complexity index is 527. The highest BCUT2D eigenvalue weighted by molar-refractivity contribution is 14.1. The summed E-state index contributed by atoms with van der Waals surface area (Å²) in [6.07, 6.45) is 3.58. The van der Waals surface area contributed by atoms with Crippen molar-refractivity contribution in [3.05, 3.63) is 33.9 Å². The molecule has 0 saturated heterocycles. The molecule has 0 bridgehead atoms. The second-order valence-corrected chi connectivity index (χ2v) is 5.53. The lowest BCUT2D eigenvalue weighted by molar-refractivity contribution is 0.617. The molecule has 1 heterocycles. The van der Waals surface area contributed by atoms with Gasteiger partial charge in [-0.1, -0.05) is 11.8 Å². The molecule has 0 saturated carbocycles. The minimum absolute atomic E-state index is 0.249. The third-order valence-corrected chi connectivity index (χ3v) is 3.81. The number of nitrogens with zero attached hydrogens (tertiary/aromatic N) is 2. The Hall–Kier alpha value is -0.760. The lowest BCUT2D eigenvalue weighted by Crippen LogP contribution is -1.92. The van der Waals surface area contributed by atoms with E-state index in [4.69, 9.17) is 5.73 Å². The van der Waals surface area contributed by atoms with Gasteiger partial charge in [-0.15, -0.1) is 0 Å². The van der Waals surface area contributed by atoms with E-state index in [0.29, 0.717) is 14.2 Å². The maximum atomic E-state index is 13.4. The van der Waals surface area contributed by atoms with Gasteiger partial charge >= 0.3 is 0 Å². The van der Waals surface area contributed by atoms with Crippen molar-refractivity contribution in [3.63, 3.8) is 0 Å². The van der Waals surface area contributed by atoms with Crippen molar-refractivity contribution in [2.45, 2.75) is 9.79 Å². The number of aryl methyl sites for hydroxylation is 1. The van der Waals surface area contributed by atoms with Crippen LogP contribution in [0.5, 0.6) is 0 Å². The van der Waals surface area contributed by atoms with E-state index in [9.17, 15) is 4.39 Å². The molecule has 1 aromatic heterocycles. The fourth-order valence-electron chi connectivity index (χ4n) is 1.21. The third-order valence-electron chi connectivity index (χ3n) is 1.96. The molecule has 0 aliphatic rings. The standard InChI is InChI=1S/C10H9FIN3S/c1-15-5-6(4-14-15)16-10-2-7(11)8(12)3-9(10)13/h2-5H,13H2,1H3. The number of aromatic nitrogens is 2. The molecule has 0 spiro atoms. The largest absolute Gasteiger partial charge is 0.398 e. The highest BCUT2D eigenvalue weighted by Gasteiger charge is 2.08. The molecule has 84 valence electrons. The number of anilines is 1. The van der Waals surface area contributed by atoms with Crippen molar-refractivity contribution < 1.29 is 4.39 Å². The Morgan fingerprint density at radius 2 is 2.25 bits per heavy atom. The van der Waals surface area contributed by atoms with Gasteiger partial charge in [-0.05, 0) is 34.7 Å². The Labute approximate surface area is 110 Å². The number of hydrogen-bond acceptors (Lipinski definition) is 3. The molecule has 16 heavy (non-hydrogen) atoms. The van der Waals surface area contributed by atoms with Crippen molar-refractivity contribution in [1.82, 2.24) is 9.78 Å². The first-order chi connectivity index (χ1) is 7.56. The van der Waals surface area contributed by atoms with Crippen molar-refractivity contribution in [2.75, 3.05) is 5.73 Å².